The summed E-state index contributed by atoms with van der Waals surface area (Å²) in [7, 11) is 0. The van der Waals surface area contributed by atoms with Crippen molar-refractivity contribution in [1.82, 2.24) is 9.97 Å². The number of nitrogens with one attached hydrogen (secondary N) is 2. The molecule has 0 spiro atoms. The zero-order chi connectivity index (χ0) is 15.1. The number of hydrogen-bond donors (Lipinski definition) is 3. The molecule has 0 bridgehead atoms. The predicted molar refractivity (Wildman–Crippen MR) is 82.1 cm³/mol. The molecule has 0 saturated heterocycles. The number of carboxylic acids is 1. The molecule has 6 heteroatoms. The van der Waals surface area contributed by atoms with Crippen LogP contribution in [0.3, 0.4) is 0 Å². The molecule has 110 valence electrons. The van der Waals surface area contributed by atoms with Gasteiger partial charge in [-0.3, -0.25) is 0 Å². The maximum absolute atomic E-state index is 10.8. The highest BCUT2D eigenvalue weighted by Gasteiger charge is 2.03. The van der Waals surface area contributed by atoms with E-state index in [-0.39, 0.29) is 5.56 Å². The van der Waals surface area contributed by atoms with Gasteiger partial charge in [-0.1, -0.05) is 13.3 Å². The van der Waals surface area contributed by atoms with Gasteiger partial charge in [0, 0.05) is 18.4 Å². The minimum Gasteiger partial charge on any atom is -0.478 e. The molecule has 2 rings (SSSR count). The quantitative estimate of drug-likeness (QED) is 0.678. The van der Waals surface area contributed by atoms with Crippen molar-refractivity contribution in [3.05, 3.63) is 42.1 Å². The predicted octanol–water partition coefficient (Wildman–Crippen LogP) is 3.13. The smallest absolute Gasteiger partial charge is 0.335 e. The lowest BCUT2D eigenvalue weighted by molar-refractivity contribution is 0.0697. The summed E-state index contributed by atoms with van der Waals surface area (Å²) in [4.78, 5) is 19.3. The third-order valence-corrected chi connectivity index (χ3v) is 2.87. The normalized spacial score (nSPS) is 10.1. The molecule has 6 nitrogen and oxygen atoms in total. The Morgan fingerprint density at radius 2 is 2.00 bits per heavy atom. The van der Waals surface area contributed by atoms with Gasteiger partial charge in [0.2, 0.25) is 5.95 Å². The Bertz CT molecular complexity index is 599. The molecule has 1 heterocycles. The number of anilines is 3. The molecule has 0 amide bonds. The average molecular weight is 286 g/mol. The van der Waals surface area contributed by atoms with Crippen LogP contribution < -0.4 is 10.6 Å². The third-order valence-electron chi connectivity index (χ3n) is 2.87. The molecule has 0 aliphatic heterocycles. The number of hydrogen-bond acceptors (Lipinski definition) is 5. The summed E-state index contributed by atoms with van der Waals surface area (Å²) in [6.45, 7) is 2.97. The van der Waals surface area contributed by atoms with Crippen LogP contribution in [0.25, 0.3) is 0 Å². The fraction of sp³-hybridized carbons (Fsp3) is 0.267. The minimum atomic E-state index is -0.939. The van der Waals surface area contributed by atoms with E-state index in [1.54, 1.807) is 36.5 Å². The maximum atomic E-state index is 10.8. The molecule has 3 N–H and O–H groups in total. The van der Waals surface area contributed by atoms with Crippen LogP contribution in [0.5, 0.6) is 0 Å². The summed E-state index contributed by atoms with van der Waals surface area (Å²) in [6.07, 6.45) is 3.85. The van der Waals surface area contributed by atoms with Crippen molar-refractivity contribution in [2.75, 3.05) is 17.2 Å². The highest BCUT2D eigenvalue weighted by atomic mass is 16.4. The van der Waals surface area contributed by atoms with Crippen molar-refractivity contribution in [2.45, 2.75) is 19.8 Å². The lowest BCUT2D eigenvalue weighted by Gasteiger charge is -2.08. The van der Waals surface area contributed by atoms with E-state index >= 15 is 0 Å². The van der Waals surface area contributed by atoms with E-state index in [9.17, 15) is 4.79 Å². The van der Waals surface area contributed by atoms with Gasteiger partial charge in [-0.2, -0.15) is 4.98 Å². The molecule has 21 heavy (non-hydrogen) atoms. The van der Waals surface area contributed by atoms with Crippen molar-refractivity contribution in [3.8, 4) is 0 Å². The second-order valence-electron chi connectivity index (χ2n) is 4.55. The molecule has 0 aliphatic carbocycles. The first-order valence-electron chi connectivity index (χ1n) is 6.86. The first-order chi connectivity index (χ1) is 10.2. The van der Waals surface area contributed by atoms with Gasteiger partial charge < -0.3 is 15.7 Å². The Hall–Kier alpha value is -2.63. The number of aromatic nitrogens is 2. The molecule has 0 aliphatic rings. The van der Waals surface area contributed by atoms with Gasteiger partial charge in [-0.15, -0.1) is 0 Å². The SMILES string of the molecule is CCCCNc1nccc(Nc2ccc(C(=O)O)cc2)n1. The summed E-state index contributed by atoms with van der Waals surface area (Å²) < 4.78 is 0. The van der Waals surface area contributed by atoms with E-state index in [0.29, 0.717) is 11.8 Å². The minimum absolute atomic E-state index is 0.255. The van der Waals surface area contributed by atoms with Gasteiger partial charge in [-0.05, 0) is 36.8 Å². The van der Waals surface area contributed by atoms with Gasteiger partial charge in [0.15, 0.2) is 0 Å². The number of benzene rings is 1. The van der Waals surface area contributed by atoms with Crippen LogP contribution in [0.1, 0.15) is 30.1 Å². The highest BCUT2D eigenvalue weighted by molar-refractivity contribution is 5.88. The summed E-state index contributed by atoms with van der Waals surface area (Å²) in [5, 5.41) is 15.1. The molecule has 0 fully saturated rings. The largest absolute Gasteiger partial charge is 0.478 e. The number of rotatable bonds is 7. The number of carbonyl (C=O) groups is 1. The molecular formula is C15H18N4O2. The second kappa shape index (κ2) is 7.23. The second-order valence-corrected chi connectivity index (χ2v) is 4.55. The van der Waals surface area contributed by atoms with Crippen LogP contribution in [-0.4, -0.2) is 27.6 Å². The van der Waals surface area contributed by atoms with Crippen LogP contribution in [0, 0.1) is 0 Å². The van der Waals surface area contributed by atoms with Crippen molar-refractivity contribution < 1.29 is 9.90 Å². The Labute approximate surface area is 123 Å². The van der Waals surface area contributed by atoms with Crippen LogP contribution in [0.2, 0.25) is 0 Å². The molecule has 1 aromatic carbocycles. The van der Waals surface area contributed by atoms with Gasteiger partial charge in [0.1, 0.15) is 5.82 Å². The van der Waals surface area contributed by atoms with E-state index in [1.165, 1.54) is 0 Å². The van der Waals surface area contributed by atoms with Crippen molar-refractivity contribution >= 4 is 23.4 Å². The van der Waals surface area contributed by atoms with Crippen LogP contribution in [0.15, 0.2) is 36.5 Å². The maximum Gasteiger partial charge on any atom is 0.335 e. The standard InChI is InChI=1S/C15H18N4O2/c1-2-3-9-16-15-17-10-8-13(19-15)18-12-6-4-11(5-7-12)14(20)21/h4-8,10H,2-3,9H2,1H3,(H,20,21)(H2,16,17,18,19). The first kappa shape index (κ1) is 14.8. The van der Waals surface area contributed by atoms with Crippen molar-refractivity contribution in [3.63, 3.8) is 0 Å². The molecule has 2 aromatic rings. The van der Waals surface area contributed by atoms with Crippen molar-refractivity contribution in [2.24, 2.45) is 0 Å². The Balaban J connectivity index is 2.01. The molecule has 0 atom stereocenters. The summed E-state index contributed by atoms with van der Waals surface area (Å²) in [6, 6.07) is 8.26. The number of carboxylic acid groups (broad SMARTS) is 1. The van der Waals surface area contributed by atoms with Crippen LogP contribution in [0.4, 0.5) is 17.5 Å². The zero-order valence-electron chi connectivity index (χ0n) is 11.8. The Kier molecular flexibility index (Phi) is 5.09. The topological polar surface area (TPSA) is 87.1 Å². The van der Waals surface area contributed by atoms with E-state index in [1.807, 2.05) is 0 Å². The van der Waals surface area contributed by atoms with Gasteiger partial charge in [-0.25, -0.2) is 9.78 Å². The molecule has 0 radical (unpaired) electrons. The van der Waals surface area contributed by atoms with E-state index < -0.39 is 5.97 Å². The monoisotopic (exact) mass is 286 g/mol. The number of nitrogens with zero attached hydrogens (tertiary/aromatic N) is 2. The third kappa shape index (κ3) is 4.45. The molecule has 0 unspecified atom stereocenters. The highest BCUT2D eigenvalue weighted by Crippen LogP contribution is 2.16. The Morgan fingerprint density at radius 1 is 1.24 bits per heavy atom. The van der Waals surface area contributed by atoms with E-state index in [0.717, 1.165) is 25.1 Å². The molecular weight excluding hydrogens is 268 g/mol. The zero-order valence-corrected chi connectivity index (χ0v) is 11.8. The summed E-state index contributed by atoms with van der Waals surface area (Å²) in [5.74, 6) is 0.300. The molecule has 1 aromatic heterocycles. The summed E-state index contributed by atoms with van der Waals surface area (Å²) >= 11 is 0. The first-order valence-corrected chi connectivity index (χ1v) is 6.86. The van der Waals surface area contributed by atoms with Crippen molar-refractivity contribution in [1.29, 1.82) is 0 Å². The van der Waals surface area contributed by atoms with Gasteiger partial charge >= 0.3 is 5.97 Å². The fourth-order valence-corrected chi connectivity index (χ4v) is 1.73. The van der Waals surface area contributed by atoms with Gasteiger partial charge in [0.25, 0.3) is 0 Å². The van der Waals surface area contributed by atoms with E-state index in [2.05, 4.69) is 27.5 Å². The number of unbranched alkanes of at least 4 members (excludes halogenated alkanes) is 1. The lowest BCUT2D eigenvalue weighted by atomic mass is 10.2. The van der Waals surface area contributed by atoms with E-state index in [4.69, 9.17) is 5.11 Å². The van der Waals surface area contributed by atoms with Crippen LogP contribution >= 0.6 is 0 Å². The van der Waals surface area contributed by atoms with Crippen LogP contribution in [-0.2, 0) is 0 Å². The number of aromatic carboxylic acids is 1. The molecule has 0 saturated carbocycles. The fourth-order valence-electron chi connectivity index (χ4n) is 1.73. The van der Waals surface area contributed by atoms with Gasteiger partial charge in [0.05, 0.1) is 5.56 Å². The average Bonchev–Trinajstić information content (AvgIpc) is 2.48. The lowest BCUT2D eigenvalue weighted by Crippen LogP contribution is -2.06. The summed E-state index contributed by atoms with van der Waals surface area (Å²) in [5.41, 5.74) is 1.03. The Morgan fingerprint density at radius 3 is 2.67 bits per heavy atom.